The van der Waals surface area contributed by atoms with Crippen LogP contribution in [0.3, 0.4) is 0 Å². The highest BCUT2D eigenvalue weighted by Gasteiger charge is 2.37. The minimum absolute atomic E-state index is 0.0521. The Bertz CT molecular complexity index is 894. The first-order chi connectivity index (χ1) is 12.6. The molecule has 136 valence electrons. The molecule has 2 unspecified atom stereocenters. The molecule has 0 N–H and O–H groups in total. The largest absolute Gasteiger partial charge is 0.341 e. The molecule has 2 aromatic rings. The van der Waals surface area contributed by atoms with Crippen molar-refractivity contribution in [3.63, 3.8) is 0 Å². The number of pyridine rings is 1. The van der Waals surface area contributed by atoms with Gasteiger partial charge in [-0.1, -0.05) is 23.7 Å². The predicted molar refractivity (Wildman–Crippen MR) is 107 cm³/mol. The second-order valence-electron chi connectivity index (χ2n) is 7.12. The van der Waals surface area contributed by atoms with E-state index in [-0.39, 0.29) is 17.4 Å². The van der Waals surface area contributed by atoms with Crippen molar-refractivity contribution in [2.45, 2.75) is 18.9 Å². The van der Waals surface area contributed by atoms with E-state index in [1.165, 1.54) is 0 Å². The first kappa shape index (κ1) is 17.7. The zero-order chi connectivity index (χ0) is 18.3. The Morgan fingerprint density at radius 1 is 1.15 bits per heavy atom. The molecule has 26 heavy (non-hydrogen) atoms. The van der Waals surface area contributed by atoms with Crippen LogP contribution in [0.15, 0.2) is 41.2 Å². The number of carbonyl (C=O) groups is 1. The molecular weight excluding hydrogens is 368 g/mol. The molecule has 2 aliphatic heterocycles. The summed E-state index contributed by atoms with van der Waals surface area (Å²) in [5.41, 5.74) is 3.25. The van der Waals surface area contributed by atoms with Crippen LogP contribution in [0.1, 0.15) is 18.0 Å². The Hall–Kier alpha value is -1.72. The van der Waals surface area contributed by atoms with Crippen LogP contribution in [0.25, 0.3) is 11.1 Å². The Labute approximate surface area is 162 Å². The first-order valence-electron chi connectivity index (χ1n) is 8.83. The molecule has 4 rings (SSSR count). The lowest BCUT2D eigenvalue weighted by atomic mass is 9.80. The van der Waals surface area contributed by atoms with Gasteiger partial charge < -0.3 is 9.47 Å². The van der Waals surface area contributed by atoms with Crippen LogP contribution in [0.2, 0.25) is 5.02 Å². The highest BCUT2D eigenvalue weighted by atomic mass is 35.5. The highest BCUT2D eigenvalue weighted by molar-refractivity contribution is 7.99. The van der Waals surface area contributed by atoms with E-state index >= 15 is 0 Å². The minimum atomic E-state index is 0.0521. The number of likely N-dealkylation sites (tertiary alicyclic amines) is 1. The van der Waals surface area contributed by atoms with Crippen molar-refractivity contribution < 1.29 is 4.79 Å². The molecule has 0 saturated carbocycles. The van der Waals surface area contributed by atoms with E-state index in [0.717, 1.165) is 29.8 Å². The third-order valence-electron chi connectivity index (χ3n) is 5.37. The van der Waals surface area contributed by atoms with Gasteiger partial charge in [0.2, 0.25) is 5.91 Å². The van der Waals surface area contributed by atoms with Crippen molar-refractivity contribution in [1.82, 2.24) is 9.47 Å². The molecule has 1 fully saturated rings. The quantitative estimate of drug-likeness (QED) is 0.808. The first-order valence-corrected chi connectivity index (χ1v) is 10.6. The molecule has 1 aromatic heterocycles. The number of thioether (sulfide) groups is 1. The number of carbonyl (C=O) groups excluding carboxylic acids is 1. The Morgan fingerprint density at radius 3 is 2.65 bits per heavy atom. The summed E-state index contributed by atoms with van der Waals surface area (Å²) >= 11 is 7.60. The van der Waals surface area contributed by atoms with Gasteiger partial charge in [0.25, 0.3) is 5.56 Å². The number of aromatic nitrogens is 1. The maximum absolute atomic E-state index is 12.5. The highest BCUT2D eigenvalue weighted by Crippen LogP contribution is 2.40. The number of amides is 1. The van der Waals surface area contributed by atoms with Crippen molar-refractivity contribution in [3.05, 3.63) is 57.5 Å². The lowest BCUT2D eigenvalue weighted by molar-refractivity contribution is -0.131. The van der Waals surface area contributed by atoms with Crippen LogP contribution in [0, 0.1) is 5.92 Å². The molecule has 0 aliphatic carbocycles. The van der Waals surface area contributed by atoms with Gasteiger partial charge in [-0.05, 0) is 42.4 Å². The molecule has 6 heteroatoms. The maximum atomic E-state index is 12.5. The Balaban J connectivity index is 1.77. The average Bonchev–Trinajstić information content (AvgIpc) is 2.63. The predicted octanol–water partition coefficient (Wildman–Crippen LogP) is 3.48. The number of nitrogens with zero attached hydrogens (tertiary/aromatic N) is 2. The van der Waals surface area contributed by atoms with Gasteiger partial charge >= 0.3 is 0 Å². The molecule has 4 nitrogen and oxygen atoms in total. The number of benzene rings is 1. The topological polar surface area (TPSA) is 42.3 Å². The monoisotopic (exact) mass is 388 g/mol. The molecular formula is C20H21ClN2O2S. The second-order valence-corrected chi connectivity index (χ2v) is 8.42. The van der Waals surface area contributed by atoms with Crippen LogP contribution in [0.4, 0.5) is 0 Å². The fraction of sp³-hybridized carbons (Fsp3) is 0.400. The second kappa shape index (κ2) is 7.12. The fourth-order valence-corrected chi connectivity index (χ4v) is 4.86. The summed E-state index contributed by atoms with van der Waals surface area (Å²) in [5, 5.41) is 0.697. The Morgan fingerprint density at radius 2 is 1.92 bits per heavy atom. The van der Waals surface area contributed by atoms with Gasteiger partial charge in [-0.3, -0.25) is 9.59 Å². The molecule has 2 atom stereocenters. The molecule has 1 amide bonds. The van der Waals surface area contributed by atoms with Gasteiger partial charge in [0.15, 0.2) is 0 Å². The third kappa shape index (κ3) is 3.19. The lowest BCUT2D eigenvalue weighted by Crippen LogP contribution is -2.49. The average molecular weight is 389 g/mol. The van der Waals surface area contributed by atoms with Crippen LogP contribution in [0.5, 0.6) is 0 Å². The van der Waals surface area contributed by atoms with E-state index in [4.69, 9.17) is 11.6 Å². The minimum Gasteiger partial charge on any atom is -0.341 e. The summed E-state index contributed by atoms with van der Waals surface area (Å²) in [4.78, 5) is 26.9. The summed E-state index contributed by atoms with van der Waals surface area (Å²) in [5.74, 6) is 1.27. The van der Waals surface area contributed by atoms with Crippen LogP contribution < -0.4 is 5.56 Å². The fourth-order valence-electron chi connectivity index (χ4n) is 4.31. The molecule has 3 heterocycles. The van der Waals surface area contributed by atoms with E-state index in [2.05, 4.69) is 0 Å². The number of hydrogen-bond acceptors (Lipinski definition) is 3. The van der Waals surface area contributed by atoms with E-state index in [1.807, 2.05) is 46.1 Å². The van der Waals surface area contributed by atoms with Gasteiger partial charge in [0.05, 0.1) is 5.75 Å². The van der Waals surface area contributed by atoms with Crippen molar-refractivity contribution in [3.8, 4) is 11.1 Å². The van der Waals surface area contributed by atoms with Gasteiger partial charge in [0, 0.05) is 47.9 Å². The van der Waals surface area contributed by atoms with Gasteiger partial charge in [-0.25, -0.2) is 0 Å². The number of fused-ring (bicyclic) bond motifs is 4. The van der Waals surface area contributed by atoms with Crippen LogP contribution >= 0.6 is 23.4 Å². The SMILES string of the molecule is CSCC(=O)N1CC2CC(C1)c1c(-c3ccc(Cl)cc3)ccc(=O)n1C2. The zero-order valence-electron chi connectivity index (χ0n) is 14.7. The number of hydrogen-bond donors (Lipinski definition) is 0. The van der Waals surface area contributed by atoms with E-state index in [1.54, 1.807) is 17.8 Å². The van der Waals surface area contributed by atoms with E-state index in [9.17, 15) is 9.59 Å². The summed E-state index contributed by atoms with van der Waals surface area (Å²) in [6, 6.07) is 11.3. The van der Waals surface area contributed by atoms with Crippen LogP contribution in [-0.2, 0) is 11.3 Å². The summed E-state index contributed by atoms with van der Waals surface area (Å²) in [7, 11) is 0. The van der Waals surface area contributed by atoms with Gasteiger partial charge in [0.1, 0.15) is 0 Å². The standard InChI is InChI=1S/C20H21ClN2O2S/c1-26-12-19(25)22-9-13-8-15(11-22)20-17(6-7-18(24)23(20)10-13)14-2-4-16(21)5-3-14/h2-7,13,15H,8-12H2,1H3. The molecule has 1 saturated heterocycles. The third-order valence-corrected chi connectivity index (χ3v) is 6.15. The van der Waals surface area contributed by atoms with E-state index in [0.29, 0.717) is 29.8 Å². The molecule has 0 spiro atoms. The van der Waals surface area contributed by atoms with Crippen molar-refractivity contribution in [2.24, 2.45) is 5.92 Å². The van der Waals surface area contributed by atoms with Crippen molar-refractivity contribution in [2.75, 3.05) is 25.1 Å². The lowest BCUT2D eigenvalue weighted by Gasteiger charge is -2.43. The summed E-state index contributed by atoms with van der Waals surface area (Å²) < 4.78 is 1.93. The normalized spacial score (nSPS) is 21.4. The van der Waals surface area contributed by atoms with Gasteiger partial charge in [-0.2, -0.15) is 11.8 Å². The smallest absolute Gasteiger partial charge is 0.250 e. The summed E-state index contributed by atoms with van der Waals surface area (Å²) in [6.45, 7) is 2.14. The van der Waals surface area contributed by atoms with E-state index < -0.39 is 0 Å². The zero-order valence-corrected chi connectivity index (χ0v) is 16.2. The molecule has 0 radical (unpaired) electrons. The molecule has 2 aliphatic rings. The van der Waals surface area contributed by atoms with Crippen molar-refractivity contribution >= 4 is 29.3 Å². The van der Waals surface area contributed by atoms with Gasteiger partial charge in [-0.15, -0.1) is 0 Å². The van der Waals surface area contributed by atoms with Crippen molar-refractivity contribution in [1.29, 1.82) is 0 Å². The van der Waals surface area contributed by atoms with Crippen LogP contribution in [-0.4, -0.2) is 40.5 Å². The summed E-state index contributed by atoms with van der Waals surface area (Å²) in [6.07, 6.45) is 2.99. The molecule has 2 bridgehead atoms. The maximum Gasteiger partial charge on any atom is 0.250 e. The molecule has 1 aromatic carbocycles. The Kier molecular flexibility index (Phi) is 4.84. The number of piperidine rings is 1. The number of rotatable bonds is 3. The number of halogens is 1.